The normalized spacial score (nSPS) is 25.5. The second kappa shape index (κ2) is 6.28. The Kier molecular flexibility index (Phi) is 4.65. The molecule has 0 bridgehead atoms. The molecular formula is C15H23N3O3. The molecule has 1 fully saturated rings. The Morgan fingerprint density at radius 1 is 1.52 bits per heavy atom. The molecule has 1 saturated carbocycles. The summed E-state index contributed by atoms with van der Waals surface area (Å²) in [5.41, 5.74) is -1.32. The number of hydrogen-bond acceptors (Lipinski definition) is 4. The molecule has 0 unspecified atom stereocenters. The van der Waals surface area contributed by atoms with Gasteiger partial charge in [-0.2, -0.15) is 0 Å². The van der Waals surface area contributed by atoms with E-state index in [0.717, 1.165) is 19.3 Å². The van der Waals surface area contributed by atoms with E-state index in [-0.39, 0.29) is 11.4 Å². The van der Waals surface area contributed by atoms with Crippen molar-refractivity contribution < 1.29 is 9.90 Å². The Labute approximate surface area is 124 Å². The van der Waals surface area contributed by atoms with Crippen molar-refractivity contribution in [2.45, 2.75) is 58.0 Å². The van der Waals surface area contributed by atoms with Crippen LogP contribution in [0.1, 0.15) is 46.0 Å². The van der Waals surface area contributed by atoms with E-state index < -0.39 is 11.5 Å². The van der Waals surface area contributed by atoms with Crippen LogP contribution in [0.4, 0.5) is 5.82 Å². The average molecular weight is 293 g/mol. The predicted octanol–water partition coefficient (Wildman–Crippen LogP) is 2.10. The molecule has 6 heteroatoms. The molecule has 0 amide bonds. The van der Waals surface area contributed by atoms with Crippen molar-refractivity contribution in [3.63, 3.8) is 0 Å². The number of aryl methyl sites for hydroxylation is 1. The number of carboxylic acids is 1. The van der Waals surface area contributed by atoms with Crippen LogP contribution in [0, 0.1) is 5.92 Å². The Morgan fingerprint density at radius 2 is 2.19 bits per heavy atom. The van der Waals surface area contributed by atoms with Gasteiger partial charge in [-0.3, -0.25) is 4.79 Å². The molecular weight excluding hydrogens is 270 g/mol. The van der Waals surface area contributed by atoms with Gasteiger partial charge >= 0.3 is 5.97 Å². The van der Waals surface area contributed by atoms with E-state index in [1.165, 1.54) is 0 Å². The molecule has 1 aliphatic carbocycles. The summed E-state index contributed by atoms with van der Waals surface area (Å²) in [5, 5.41) is 12.5. The van der Waals surface area contributed by atoms with Gasteiger partial charge < -0.3 is 15.0 Å². The predicted molar refractivity (Wildman–Crippen MR) is 80.4 cm³/mol. The molecule has 1 aromatic heterocycles. The van der Waals surface area contributed by atoms with Gasteiger partial charge in [0.25, 0.3) is 5.56 Å². The molecule has 0 spiro atoms. The lowest BCUT2D eigenvalue weighted by Crippen LogP contribution is -2.50. The molecule has 0 saturated heterocycles. The second-order valence-electron chi connectivity index (χ2n) is 5.97. The van der Waals surface area contributed by atoms with Crippen LogP contribution in [0.15, 0.2) is 17.2 Å². The highest BCUT2D eigenvalue weighted by molar-refractivity contribution is 5.82. The maximum atomic E-state index is 12.3. The lowest BCUT2D eigenvalue weighted by Gasteiger charge is -2.36. The van der Waals surface area contributed by atoms with Gasteiger partial charge in [-0.1, -0.05) is 13.8 Å². The molecule has 6 nitrogen and oxygen atoms in total. The number of aromatic nitrogens is 2. The molecule has 0 aliphatic heterocycles. The quantitative estimate of drug-likeness (QED) is 0.868. The van der Waals surface area contributed by atoms with Crippen LogP contribution in [0.5, 0.6) is 0 Å². The van der Waals surface area contributed by atoms with Crippen molar-refractivity contribution in [3.05, 3.63) is 22.7 Å². The van der Waals surface area contributed by atoms with Gasteiger partial charge in [0.15, 0.2) is 5.82 Å². The first kappa shape index (κ1) is 15.5. The minimum atomic E-state index is -1.07. The van der Waals surface area contributed by atoms with E-state index >= 15 is 0 Å². The van der Waals surface area contributed by atoms with Crippen LogP contribution in [0.2, 0.25) is 0 Å². The zero-order chi connectivity index (χ0) is 15.5. The summed E-state index contributed by atoms with van der Waals surface area (Å²) in [4.78, 5) is 28.1. The molecule has 2 rings (SSSR count). The van der Waals surface area contributed by atoms with E-state index in [1.54, 1.807) is 17.0 Å². The number of aliphatic carboxylic acids is 1. The van der Waals surface area contributed by atoms with Gasteiger partial charge in [-0.25, -0.2) is 9.78 Å². The topological polar surface area (TPSA) is 84.2 Å². The zero-order valence-corrected chi connectivity index (χ0v) is 12.6. The number of carbonyl (C=O) groups is 1. The Bertz CT molecular complexity index is 560. The van der Waals surface area contributed by atoms with Gasteiger partial charge in [0.05, 0.1) is 0 Å². The van der Waals surface area contributed by atoms with Crippen LogP contribution >= 0.6 is 0 Å². The summed E-state index contributed by atoms with van der Waals surface area (Å²) >= 11 is 0. The number of nitrogens with one attached hydrogen (secondary N) is 1. The first-order chi connectivity index (χ1) is 9.98. The standard InChI is InChI=1S/C15H23N3O3/c1-3-9-18-10-8-16-12(13(18)19)17-15(14(20)21)6-4-11(2)5-7-15/h8,10-11H,3-7,9H2,1-2H3,(H,16,17)(H,20,21). The molecule has 0 aromatic carbocycles. The summed E-state index contributed by atoms with van der Waals surface area (Å²) in [5.74, 6) is -0.232. The van der Waals surface area contributed by atoms with Gasteiger partial charge in [0, 0.05) is 18.9 Å². The Hall–Kier alpha value is -1.85. The number of hydrogen-bond donors (Lipinski definition) is 2. The average Bonchev–Trinajstić information content (AvgIpc) is 2.46. The first-order valence-electron chi connectivity index (χ1n) is 7.55. The van der Waals surface area contributed by atoms with Crippen LogP contribution in [-0.4, -0.2) is 26.2 Å². The maximum Gasteiger partial charge on any atom is 0.329 e. The third-order valence-electron chi connectivity index (χ3n) is 4.27. The fraction of sp³-hybridized carbons (Fsp3) is 0.667. The number of nitrogens with zero attached hydrogens (tertiary/aromatic N) is 2. The van der Waals surface area contributed by atoms with E-state index in [9.17, 15) is 14.7 Å². The summed E-state index contributed by atoms with van der Waals surface area (Å²) in [6.45, 7) is 4.72. The molecule has 0 radical (unpaired) electrons. The number of rotatable bonds is 5. The largest absolute Gasteiger partial charge is 0.480 e. The molecule has 0 atom stereocenters. The SMILES string of the molecule is CCCn1ccnc(NC2(C(=O)O)CCC(C)CC2)c1=O. The lowest BCUT2D eigenvalue weighted by atomic mass is 9.77. The van der Waals surface area contributed by atoms with Gasteiger partial charge in [0.1, 0.15) is 5.54 Å². The molecule has 1 heterocycles. The van der Waals surface area contributed by atoms with Crippen LogP contribution in [0.3, 0.4) is 0 Å². The zero-order valence-electron chi connectivity index (χ0n) is 12.6. The van der Waals surface area contributed by atoms with Crippen molar-refractivity contribution in [1.82, 2.24) is 9.55 Å². The van der Waals surface area contributed by atoms with E-state index in [0.29, 0.717) is 25.3 Å². The smallest absolute Gasteiger partial charge is 0.329 e. The van der Waals surface area contributed by atoms with Gasteiger partial charge in [-0.15, -0.1) is 0 Å². The number of anilines is 1. The molecule has 1 aliphatic rings. The maximum absolute atomic E-state index is 12.3. The molecule has 21 heavy (non-hydrogen) atoms. The minimum absolute atomic E-state index is 0.142. The first-order valence-corrected chi connectivity index (χ1v) is 7.55. The van der Waals surface area contributed by atoms with Gasteiger partial charge in [0.2, 0.25) is 0 Å². The molecule has 1 aromatic rings. The van der Waals surface area contributed by atoms with E-state index in [4.69, 9.17) is 0 Å². The highest BCUT2D eigenvalue weighted by Gasteiger charge is 2.42. The molecule has 2 N–H and O–H groups in total. The summed E-state index contributed by atoms with van der Waals surface area (Å²) in [6, 6.07) is 0. The van der Waals surface area contributed by atoms with Crippen LogP contribution in [-0.2, 0) is 11.3 Å². The summed E-state index contributed by atoms with van der Waals surface area (Å²) in [7, 11) is 0. The monoisotopic (exact) mass is 293 g/mol. The van der Waals surface area contributed by atoms with Gasteiger partial charge in [-0.05, 0) is 38.0 Å². The Balaban J connectivity index is 2.28. The van der Waals surface area contributed by atoms with Crippen molar-refractivity contribution in [2.24, 2.45) is 5.92 Å². The highest BCUT2D eigenvalue weighted by Crippen LogP contribution is 2.34. The Morgan fingerprint density at radius 3 is 2.76 bits per heavy atom. The van der Waals surface area contributed by atoms with Crippen LogP contribution < -0.4 is 10.9 Å². The number of carboxylic acid groups (broad SMARTS) is 1. The van der Waals surface area contributed by atoms with E-state index in [1.807, 2.05) is 6.92 Å². The second-order valence-corrected chi connectivity index (χ2v) is 5.97. The minimum Gasteiger partial charge on any atom is -0.480 e. The van der Waals surface area contributed by atoms with Crippen molar-refractivity contribution in [1.29, 1.82) is 0 Å². The highest BCUT2D eigenvalue weighted by atomic mass is 16.4. The molecule has 116 valence electrons. The summed E-state index contributed by atoms with van der Waals surface area (Å²) in [6.07, 6.45) is 6.74. The fourth-order valence-corrected chi connectivity index (χ4v) is 2.82. The van der Waals surface area contributed by atoms with Crippen molar-refractivity contribution in [3.8, 4) is 0 Å². The van der Waals surface area contributed by atoms with Crippen molar-refractivity contribution in [2.75, 3.05) is 5.32 Å². The van der Waals surface area contributed by atoms with Crippen LogP contribution in [0.25, 0.3) is 0 Å². The van der Waals surface area contributed by atoms with Crippen molar-refractivity contribution >= 4 is 11.8 Å². The third kappa shape index (κ3) is 3.25. The lowest BCUT2D eigenvalue weighted by molar-refractivity contribution is -0.143. The summed E-state index contributed by atoms with van der Waals surface area (Å²) < 4.78 is 1.57. The third-order valence-corrected chi connectivity index (χ3v) is 4.27. The van der Waals surface area contributed by atoms with E-state index in [2.05, 4.69) is 17.2 Å². The fourth-order valence-electron chi connectivity index (χ4n) is 2.82.